The van der Waals surface area contributed by atoms with Gasteiger partial charge in [-0.1, -0.05) is 11.6 Å². The summed E-state index contributed by atoms with van der Waals surface area (Å²) in [5.74, 6) is 0. The molecule has 2 aromatic heterocycles. The molecule has 7 nitrogen and oxygen atoms in total. The molecule has 25 heavy (non-hydrogen) atoms. The molecule has 1 N–H and O–H groups in total. The summed E-state index contributed by atoms with van der Waals surface area (Å²) in [5.41, 5.74) is 1.99. The third-order valence-corrected chi connectivity index (χ3v) is 4.19. The van der Waals surface area contributed by atoms with Crippen molar-refractivity contribution in [2.24, 2.45) is 0 Å². The Morgan fingerprint density at radius 3 is 2.84 bits per heavy atom. The maximum absolute atomic E-state index is 12.1. The molecule has 3 rings (SSSR count). The Kier molecular flexibility index (Phi) is 5.37. The number of hydrogen-bond acceptors (Lipinski definition) is 5. The predicted molar refractivity (Wildman–Crippen MR) is 97.6 cm³/mol. The van der Waals surface area contributed by atoms with Gasteiger partial charge in [0, 0.05) is 43.6 Å². The number of methoxy groups -OCH3 is 2. The van der Waals surface area contributed by atoms with E-state index in [0.717, 1.165) is 27.8 Å². The molecular weight excluding hydrogens is 344 g/mol. The molecule has 0 spiro atoms. The highest BCUT2D eigenvalue weighted by molar-refractivity contribution is 6.33. The minimum absolute atomic E-state index is 0.0553. The molecule has 0 saturated heterocycles. The van der Waals surface area contributed by atoms with Crippen molar-refractivity contribution >= 4 is 33.9 Å². The van der Waals surface area contributed by atoms with Crippen LogP contribution in [0.1, 0.15) is 0 Å². The number of fused-ring (bicyclic) bond motifs is 1. The van der Waals surface area contributed by atoms with E-state index in [2.05, 4.69) is 15.0 Å². The lowest BCUT2D eigenvalue weighted by atomic mass is 10.2. The van der Waals surface area contributed by atoms with Crippen molar-refractivity contribution in [3.8, 4) is 0 Å². The molecule has 0 atom stereocenters. The van der Waals surface area contributed by atoms with Crippen molar-refractivity contribution in [3.63, 3.8) is 0 Å². The molecule has 0 unspecified atom stereocenters. The van der Waals surface area contributed by atoms with E-state index in [1.165, 1.54) is 13.3 Å². The van der Waals surface area contributed by atoms with Gasteiger partial charge in [-0.05, 0) is 24.3 Å². The largest absolute Gasteiger partial charge is 0.383 e. The van der Waals surface area contributed by atoms with Crippen LogP contribution in [-0.2, 0) is 22.7 Å². The zero-order chi connectivity index (χ0) is 17.8. The number of halogens is 1. The van der Waals surface area contributed by atoms with Crippen LogP contribution in [0.5, 0.6) is 0 Å². The molecule has 0 aliphatic rings. The highest BCUT2D eigenvalue weighted by Crippen LogP contribution is 2.25. The number of hydrogen-bond donors (Lipinski definition) is 1. The third-order valence-electron chi connectivity index (χ3n) is 3.82. The summed E-state index contributed by atoms with van der Waals surface area (Å²) in [6.07, 6.45) is 3.53. The fraction of sp³-hybridized carbons (Fsp3) is 0.294. The van der Waals surface area contributed by atoms with E-state index in [1.807, 2.05) is 30.5 Å². The van der Waals surface area contributed by atoms with Crippen LogP contribution in [0.25, 0.3) is 10.9 Å². The fourth-order valence-electron chi connectivity index (χ4n) is 2.58. The van der Waals surface area contributed by atoms with E-state index < -0.39 is 5.56 Å². The normalized spacial score (nSPS) is 11.2. The van der Waals surface area contributed by atoms with Gasteiger partial charge in [-0.25, -0.2) is 4.68 Å². The van der Waals surface area contributed by atoms with Gasteiger partial charge in [-0.15, -0.1) is 0 Å². The molecule has 3 aromatic rings. The maximum Gasteiger partial charge on any atom is 0.289 e. The van der Waals surface area contributed by atoms with Gasteiger partial charge in [0.15, 0.2) is 0 Å². The Balaban J connectivity index is 1.86. The van der Waals surface area contributed by atoms with E-state index in [9.17, 15) is 4.79 Å². The second kappa shape index (κ2) is 7.69. The molecule has 8 heteroatoms. The maximum atomic E-state index is 12.1. The molecule has 0 saturated carbocycles. The minimum Gasteiger partial charge on any atom is -0.383 e. The topological polar surface area (TPSA) is 70.3 Å². The first-order valence-corrected chi connectivity index (χ1v) is 8.11. The smallest absolute Gasteiger partial charge is 0.289 e. The van der Waals surface area contributed by atoms with Crippen molar-refractivity contribution in [2.75, 3.05) is 26.1 Å². The summed E-state index contributed by atoms with van der Waals surface area (Å²) in [4.78, 5) is 12.1. The summed E-state index contributed by atoms with van der Waals surface area (Å²) >= 11 is 6.15. The van der Waals surface area contributed by atoms with Crippen LogP contribution in [0, 0.1) is 0 Å². The van der Waals surface area contributed by atoms with Gasteiger partial charge in [-0.3, -0.25) is 4.79 Å². The Hall–Kier alpha value is -2.35. The van der Waals surface area contributed by atoms with Crippen molar-refractivity contribution < 1.29 is 9.47 Å². The Morgan fingerprint density at radius 2 is 2.08 bits per heavy atom. The Labute approximate surface area is 149 Å². The van der Waals surface area contributed by atoms with Crippen LogP contribution < -0.4 is 10.9 Å². The highest BCUT2D eigenvalue weighted by Gasteiger charge is 2.10. The molecule has 0 fully saturated rings. The molecule has 0 amide bonds. The lowest BCUT2D eigenvalue weighted by Crippen LogP contribution is -2.24. The first-order valence-electron chi connectivity index (χ1n) is 7.73. The van der Waals surface area contributed by atoms with E-state index >= 15 is 0 Å². The van der Waals surface area contributed by atoms with Gasteiger partial charge < -0.3 is 19.4 Å². The average molecular weight is 363 g/mol. The van der Waals surface area contributed by atoms with Crippen molar-refractivity contribution in [3.05, 3.63) is 52.0 Å². The van der Waals surface area contributed by atoms with Crippen molar-refractivity contribution in [2.45, 2.75) is 13.3 Å². The molecule has 0 aliphatic carbocycles. The molecule has 132 valence electrons. The molecule has 0 radical (unpaired) electrons. The molecular formula is C17H19ClN4O3. The average Bonchev–Trinajstić information content (AvgIpc) is 3.02. The summed E-state index contributed by atoms with van der Waals surface area (Å²) in [7, 11) is 3.17. The summed E-state index contributed by atoms with van der Waals surface area (Å²) < 4.78 is 13.3. The minimum atomic E-state index is -0.402. The van der Waals surface area contributed by atoms with Crippen LogP contribution in [0.15, 0.2) is 41.5 Å². The number of benzene rings is 1. The standard InChI is InChI=1S/C17H19ClN4O3/c1-24-8-7-21-6-5-12-9-13(3-4-15(12)21)20-14-10-19-22(11-25-2)17(23)16(14)18/h3-6,9-10,20H,7-8,11H2,1-2H3. The van der Waals surface area contributed by atoms with Crippen LogP contribution in [0.2, 0.25) is 5.02 Å². The van der Waals surface area contributed by atoms with E-state index in [4.69, 9.17) is 21.1 Å². The van der Waals surface area contributed by atoms with Gasteiger partial charge in [0.25, 0.3) is 5.56 Å². The number of nitrogens with zero attached hydrogens (tertiary/aromatic N) is 3. The first-order chi connectivity index (χ1) is 12.1. The Morgan fingerprint density at radius 1 is 1.24 bits per heavy atom. The van der Waals surface area contributed by atoms with Crippen LogP contribution in [0.3, 0.4) is 0 Å². The number of aromatic nitrogens is 3. The monoisotopic (exact) mass is 362 g/mol. The second-order valence-electron chi connectivity index (χ2n) is 5.50. The van der Waals surface area contributed by atoms with Crippen LogP contribution >= 0.6 is 11.6 Å². The third kappa shape index (κ3) is 3.68. The van der Waals surface area contributed by atoms with Gasteiger partial charge in [0.05, 0.1) is 18.5 Å². The van der Waals surface area contributed by atoms with E-state index in [-0.39, 0.29) is 11.8 Å². The first kappa shape index (κ1) is 17.5. The molecule has 1 aromatic carbocycles. The van der Waals surface area contributed by atoms with E-state index in [1.54, 1.807) is 7.11 Å². The molecule has 0 bridgehead atoms. The van der Waals surface area contributed by atoms with Crippen molar-refractivity contribution in [1.29, 1.82) is 0 Å². The number of nitrogens with one attached hydrogen (secondary N) is 1. The fourth-order valence-corrected chi connectivity index (χ4v) is 2.78. The zero-order valence-electron chi connectivity index (χ0n) is 14.0. The number of rotatable bonds is 7. The van der Waals surface area contributed by atoms with Gasteiger partial charge in [0.2, 0.25) is 0 Å². The highest BCUT2D eigenvalue weighted by atomic mass is 35.5. The van der Waals surface area contributed by atoms with Gasteiger partial charge in [-0.2, -0.15) is 5.10 Å². The van der Waals surface area contributed by atoms with Gasteiger partial charge >= 0.3 is 0 Å². The molecule has 0 aliphatic heterocycles. The number of anilines is 2. The Bertz CT molecular complexity index is 935. The van der Waals surface area contributed by atoms with Crippen LogP contribution in [0.4, 0.5) is 11.4 Å². The molecule has 2 heterocycles. The summed E-state index contributed by atoms with van der Waals surface area (Å²) in [5, 5.41) is 8.34. The second-order valence-corrected chi connectivity index (χ2v) is 5.87. The predicted octanol–water partition coefficient (Wildman–Crippen LogP) is 2.85. The van der Waals surface area contributed by atoms with E-state index in [0.29, 0.717) is 12.3 Å². The summed E-state index contributed by atoms with van der Waals surface area (Å²) in [6.45, 7) is 1.50. The van der Waals surface area contributed by atoms with Gasteiger partial charge in [0.1, 0.15) is 11.8 Å². The zero-order valence-corrected chi connectivity index (χ0v) is 14.8. The lowest BCUT2D eigenvalue weighted by Gasteiger charge is -2.10. The van der Waals surface area contributed by atoms with Crippen LogP contribution in [-0.4, -0.2) is 35.2 Å². The SMILES string of the molecule is COCCn1ccc2cc(Nc3cnn(COC)c(=O)c3Cl)ccc21. The van der Waals surface area contributed by atoms with Crippen molar-refractivity contribution in [1.82, 2.24) is 14.3 Å². The quantitative estimate of drug-likeness (QED) is 0.699. The lowest BCUT2D eigenvalue weighted by molar-refractivity contribution is 0.116. The number of ether oxygens (including phenoxy) is 2. The summed E-state index contributed by atoms with van der Waals surface area (Å²) in [6, 6.07) is 7.98.